The van der Waals surface area contributed by atoms with Crippen molar-refractivity contribution in [3.8, 4) is 0 Å². The number of nitrogens with zero attached hydrogens (tertiary/aromatic N) is 1. The maximum atomic E-state index is 12.9. The van der Waals surface area contributed by atoms with Crippen LogP contribution in [0.25, 0.3) is 0 Å². The van der Waals surface area contributed by atoms with Crippen molar-refractivity contribution in [2.24, 2.45) is 5.73 Å². The molecule has 0 aromatic heterocycles. The molecule has 21 heavy (non-hydrogen) atoms. The fourth-order valence-electron chi connectivity index (χ4n) is 2.93. The van der Waals surface area contributed by atoms with Gasteiger partial charge in [-0.15, -0.1) is 0 Å². The van der Waals surface area contributed by atoms with Crippen LogP contribution in [0.5, 0.6) is 0 Å². The summed E-state index contributed by atoms with van der Waals surface area (Å²) in [5.41, 5.74) is 6.55. The minimum Gasteiger partial charge on any atom is -0.336 e. The molecule has 3 nitrogen and oxygen atoms in total. The molecule has 1 amide bonds. The summed E-state index contributed by atoms with van der Waals surface area (Å²) in [6.45, 7) is 2.86. The van der Waals surface area contributed by atoms with E-state index in [9.17, 15) is 4.79 Å². The molecule has 1 aliphatic rings. The Morgan fingerprint density at radius 1 is 1.38 bits per heavy atom. The van der Waals surface area contributed by atoms with E-state index in [0.29, 0.717) is 10.6 Å². The van der Waals surface area contributed by atoms with Crippen LogP contribution in [-0.4, -0.2) is 29.4 Å². The Bertz CT molecular complexity index is 501. The van der Waals surface area contributed by atoms with Gasteiger partial charge in [-0.25, -0.2) is 0 Å². The predicted molar refractivity (Wildman–Crippen MR) is 90.7 cm³/mol. The van der Waals surface area contributed by atoms with Gasteiger partial charge in [-0.2, -0.15) is 0 Å². The van der Waals surface area contributed by atoms with Crippen LogP contribution in [0.15, 0.2) is 22.7 Å². The van der Waals surface area contributed by atoms with Crippen LogP contribution in [0, 0.1) is 0 Å². The minimum absolute atomic E-state index is 0.0311. The van der Waals surface area contributed by atoms with Gasteiger partial charge in [0.2, 0.25) is 0 Å². The van der Waals surface area contributed by atoms with Crippen LogP contribution in [0.1, 0.15) is 49.4 Å². The van der Waals surface area contributed by atoms with Gasteiger partial charge in [0, 0.05) is 23.1 Å². The highest BCUT2D eigenvalue weighted by atomic mass is 79.9. The van der Waals surface area contributed by atoms with Gasteiger partial charge in [-0.1, -0.05) is 24.6 Å². The van der Waals surface area contributed by atoms with Crippen molar-refractivity contribution < 1.29 is 4.79 Å². The van der Waals surface area contributed by atoms with Gasteiger partial charge in [0.05, 0.1) is 10.6 Å². The van der Waals surface area contributed by atoms with Crippen LogP contribution in [-0.2, 0) is 0 Å². The van der Waals surface area contributed by atoms with Crippen LogP contribution in [0.3, 0.4) is 0 Å². The van der Waals surface area contributed by atoms with Crippen molar-refractivity contribution >= 4 is 33.4 Å². The molecule has 5 heteroatoms. The van der Waals surface area contributed by atoms with Crippen molar-refractivity contribution in [3.63, 3.8) is 0 Å². The van der Waals surface area contributed by atoms with E-state index in [0.717, 1.165) is 43.1 Å². The van der Waals surface area contributed by atoms with Crippen LogP contribution < -0.4 is 5.73 Å². The lowest BCUT2D eigenvalue weighted by Crippen LogP contribution is -2.44. The van der Waals surface area contributed by atoms with E-state index in [1.165, 1.54) is 0 Å². The molecule has 0 atom stereocenters. The van der Waals surface area contributed by atoms with Crippen molar-refractivity contribution in [2.45, 2.75) is 51.1 Å². The maximum absolute atomic E-state index is 12.9. The summed E-state index contributed by atoms with van der Waals surface area (Å²) in [7, 11) is 0. The second kappa shape index (κ2) is 7.61. The van der Waals surface area contributed by atoms with E-state index in [1.54, 1.807) is 6.07 Å². The molecular weight excluding hydrogens is 352 g/mol. The molecule has 0 aliphatic heterocycles. The molecular formula is C16H22BrClN2O. The quantitative estimate of drug-likeness (QED) is 0.858. The van der Waals surface area contributed by atoms with Gasteiger partial charge in [-0.3, -0.25) is 4.79 Å². The highest BCUT2D eigenvalue weighted by molar-refractivity contribution is 9.10. The number of rotatable bonds is 4. The van der Waals surface area contributed by atoms with E-state index >= 15 is 0 Å². The Morgan fingerprint density at radius 2 is 2.05 bits per heavy atom. The molecule has 2 rings (SSSR count). The molecule has 1 aliphatic carbocycles. The molecule has 1 saturated carbocycles. The second-order valence-electron chi connectivity index (χ2n) is 5.67. The third-order valence-electron chi connectivity index (χ3n) is 4.09. The number of halogens is 2. The molecule has 116 valence electrons. The van der Waals surface area contributed by atoms with E-state index in [1.807, 2.05) is 17.0 Å². The fourth-order valence-corrected chi connectivity index (χ4v) is 3.50. The molecule has 2 N–H and O–H groups in total. The van der Waals surface area contributed by atoms with Crippen molar-refractivity contribution in [2.75, 3.05) is 6.54 Å². The van der Waals surface area contributed by atoms with E-state index in [2.05, 4.69) is 22.9 Å². The monoisotopic (exact) mass is 372 g/mol. The number of carbonyl (C=O) groups excluding carboxylic acids is 1. The van der Waals surface area contributed by atoms with E-state index in [4.69, 9.17) is 17.3 Å². The highest BCUT2D eigenvalue weighted by Crippen LogP contribution is 2.29. The average molecular weight is 374 g/mol. The number of hydrogen-bond donors (Lipinski definition) is 1. The number of nitrogens with two attached hydrogens (primary N) is 1. The van der Waals surface area contributed by atoms with Crippen molar-refractivity contribution in [3.05, 3.63) is 33.3 Å². The third-order valence-corrected chi connectivity index (χ3v) is 5.39. The topological polar surface area (TPSA) is 46.3 Å². The SMILES string of the molecule is CCCN(C(=O)c1cccc(Br)c1Cl)C1CCC(N)CC1. The van der Waals surface area contributed by atoms with E-state index in [-0.39, 0.29) is 18.0 Å². The first-order chi connectivity index (χ1) is 10.0. The summed E-state index contributed by atoms with van der Waals surface area (Å²) >= 11 is 9.67. The first kappa shape index (κ1) is 16.8. The molecule has 0 unspecified atom stereocenters. The number of hydrogen-bond acceptors (Lipinski definition) is 2. The standard InChI is InChI=1S/C16H22BrClN2O/c1-2-10-20(12-8-6-11(19)7-9-12)16(21)13-4-3-5-14(17)15(13)18/h3-5,11-12H,2,6-10,19H2,1H3. The molecule has 0 saturated heterocycles. The van der Waals surface area contributed by atoms with Crippen LogP contribution >= 0.6 is 27.5 Å². The Morgan fingerprint density at radius 3 is 2.67 bits per heavy atom. The lowest BCUT2D eigenvalue weighted by molar-refractivity contribution is 0.0627. The first-order valence-corrected chi connectivity index (χ1v) is 8.72. The average Bonchev–Trinajstić information content (AvgIpc) is 2.48. The normalized spacial score (nSPS) is 22.1. The Labute approximate surface area is 140 Å². The van der Waals surface area contributed by atoms with Gasteiger partial charge in [0.15, 0.2) is 0 Å². The van der Waals surface area contributed by atoms with Crippen LogP contribution in [0.4, 0.5) is 0 Å². The molecule has 0 bridgehead atoms. The Kier molecular flexibility index (Phi) is 6.08. The zero-order chi connectivity index (χ0) is 15.4. The number of benzene rings is 1. The lowest BCUT2D eigenvalue weighted by Gasteiger charge is -2.36. The molecule has 1 aromatic carbocycles. The summed E-state index contributed by atoms with van der Waals surface area (Å²) in [5.74, 6) is 0.0311. The second-order valence-corrected chi connectivity index (χ2v) is 6.90. The van der Waals surface area contributed by atoms with E-state index < -0.39 is 0 Å². The summed E-state index contributed by atoms with van der Waals surface area (Å²) < 4.78 is 0.761. The third kappa shape index (κ3) is 3.99. The number of amides is 1. The molecule has 1 fully saturated rings. The van der Waals surface area contributed by atoms with Gasteiger partial charge >= 0.3 is 0 Å². The molecule has 1 aromatic rings. The zero-order valence-electron chi connectivity index (χ0n) is 12.3. The minimum atomic E-state index is 0.0311. The molecule has 0 heterocycles. The first-order valence-electron chi connectivity index (χ1n) is 7.55. The number of carbonyl (C=O) groups is 1. The summed E-state index contributed by atoms with van der Waals surface area (Å²) in [6.07, 6.45) is 4.89. The van der Waals surface area contributed by atoms with Gasteiger partial charge in [0.1, 0.15) is 0 Å². The predicted octanol–water partition coefficient (Wildman–Crippen LogP) is 4.22. The zero-order valence-corrected chi connectivity index (χ0v) is 14.7. The fraction of sp³-hybridized carbons (Fsp3) is 0.562. The summed E-state index contributed by atoms with van der Waals surface area (Å²) in [6, 6.07) is 6.07. The van der Waals surface area contributed by atoms with Crippen molar-refractivity contribution in [1.82, 2.24) is 4.90 Å². The Balaban J connectivity index is 2.21. The largest absolute Gasteiger partial charge is 0.336 e. The smallest absolute Gasteiger partial charge is 0.255 e. The van der Waals surface area contributed by atoms with Gasteiger partial charge in [0.25, 0.3) is 5.91 Å². The van der Waals surface area contributed by atoms with Gasteiger partial charge < -0.3 is 10.6 Å². The van der Waals surface area contributed by atoms with Crippen LogP contribution in [0.2, 0.25) is 5.02 Å². The summed E-state index contributed by atoms with van der Waals surface area (Å²) in [5, 5.41) is 0.496. The molecule has 0 radical (unpaired) electrons. The van der Waals surface area contributed by atoms with Gasteiger partial charge in [-0.05, 0) is 60.2 Å². The Hall–Kier alpha value is -0.580. The maximum Gasteiger partial charge on any atom is 0.255 e. The molecule has 0 spiro atoms. The highest BCUT2D eigenvalue weighted by Gasteiger charge is 2.28. The lowest BCUT2D eigenvalue weighted by atomic mass is 9.90. The summed E-state index contributed by atoms with van der Waals surface area (Å²) in [4.78, 5) is 14.9. The van der Waals surface area contributed by atoms with Crippen molar-refractivity contribution in [1.29, 1.82) is 0 Å².